The summed E-state index contributed by atoms with van der Waals surface area (Å²) < 4.78 is 45.3. The third-order valence-electron chi connectivity index (χ3n) is 5.87. The first-order valence-electron chi connectivity index (χ1n) is 10.6. The van der Waals surface area contributed by atoms with Crippen LogP contribution in [0.1, 0.15) is 24.0 Å². The number of rotatable bonds is 4. The summed E-state index contributed by atoms with van der Waals surface area (Å²) in [4.78, 5) is 16.8. The first kappa shape index (κ1) is 21.5. The van der Waals surface area contributed by atoms with E-state index < -0.39 is 11.7 Å². The zero-order chi connectivity index (χ0) is 21.8. The van der Waals surface area contributed by atoms with E-state index in [1.54, 1.807) is 4.90 Å². The fraction of sp³-hybridized carbons (Fsp3) is 0.435. The van der Waals surface area contributed by atoms with Crippen molar-refractivity contribution in [2.24, 2.45) is 0 Å². The van der Waals surface area contributed by atoms with E-state index in [9.17, 15) is 18.0 Å². The maximum Gasteiger partial charge on any atom is 0.416 e. The Morgan fingerprint density at radius 1 is 1.06 bits per heavy atom. The number of anilines is 2. The summed E-state index contributed by atoms with van der Waals surface area (Å²) in [6.07, 6.45) is -2.00. The Hall–Kier alpha value is -2.74. The van der Waals surface area contributed by atoms with Crippen molar-refractivity contribution in [1.82, 2.24) is 4.90 Å². The predicted molar refractivity (Wildman–Crippen MR) is 113 cm³/mol. The van der Waals surface area contributed by atoms with Crippen LogP contribution in [-0.2, 0) is 17.3 Å². The fourth-order valence-corrected chi connectivity index (χ4v) is 4.28. The molecule has 2 amide bonds. The van der Waals surface area contributed by atoms with Crippen LogP contribution >= 0.6 is 0 Å². The van der Waals surface area contributed by atoms with Crippen molar-refractivity contribution >= 4 is 17.4 Å². The number of nitrogens with zero attached hydrogens (tertiary/aromatic N) is 2. The van der Waals surface area contributed by atoms with Gasteiger partial charge in [-0.15, -0.1) is 0 Å². The average Bonchev–Trinajstić information content (AvgIpc) is 3.22. The van der Waals surface area contributed by atoms with Gasteiger partial charge in [0.05, 0.1) is 30.2 Å². The average molecular weight is 433 g/mol. The predicted octanol–water partition coefficient (Wildman–Crippen LogP) is 4.78. The van der Waals surface area contributed by atoms with E-state index in [0.717, 1.165) is 37.0 Å². The van der Waals surface area contributed by atoms with Crippen LogP contribution in [0.3, 0.4) is 0 Å². The summed E-state index contributed by atoms with van der Waals surface area (Å²) in [5.41, 5.74) is 1.14. The van der Waals surface area contributed by atoms with Crippen LogP contribution < -0.4 is 10.2 Å². The number of hydrogen-bond donors (Lipinski definition) is 1. The maximum absolute atomic E-state index is 13.3. The van der Waals surface area contributed by atoms with Crippen LogP contribution in [0.25, 0.3) is 0 Å². The molecule has 2 fully saturated rings. The molecule has 8 heteroatoms. The molecular formula is C23H26F3N3O2. The molecule has 1 N–H and O–H groups in total. The molecule has 2 heterocycles. The molecule has 5 nitrogen and oxygen atoms in total. The Morgan fingerprint density at radius 3 is 2.52 bits per heavy atom. The van der Waals surface area contributed by atoms with Gasteiger partial charge in [-0.1, -0.05) is 30.3 Å². The summed E-state index contributed by atoms with van der Waals surface area (Å²) in [6.45, 7) is 2.72. The van der Waals surface area contributed by atoms with Crippen molar-refractivity contribution in [3.05, 3.63) is 59.7 Å². The van der Waals surface area contributed by atoms with Crippen molar-refractivity contribution in [2.45, 2.75) is 31.5 Å². The zero-order valence-electron chi connectivity index (χ0n) is 17.2. The molecule has 0 aromatic heterocycles. The van der Waals surface area contributed by atoms with Crippen LogP contribution in [0.2, 0.25) is 0 Å². The molecular weight excluding hydrogens is 407 g/mol. The Morgan fingerprint density at radius 2 is 1.81 bits per heavy atom. The van der Waals surface area contributed by atoms with Crippen molar-refractivity contribution in [1.29, 1.82) is 0 Å². The van der Waals surface area contributed by atoms with Gasteiger partial charge < -0.3 is 19.9 Å². The fourth-order valence-electron chi connectivity index (χ4n) is 4.28. The largest absolute Gasteiger partial charge is 0.416 e. The van der Waals surface area contributed by atoms with Gasteiger partial charge in [0.2, 0.25) is 0 Å². The lowest BCUT2D eigenvalue weighted by Crippen LogP contribution is -2.41. The topological polar surface area (TPSA) is 44.8 Å². The molecule has 31 heavy (non-hydrogen) atoms. The summed E-state index contributed by atoms with van der Waals surface area (Å²) in [5.74, 6) is 0. The molecule has 4 rings (SSSR count). The van der Waals surface area contributed by atoms with Gasteiger partial charge >= 0.3 is 12.2 Å². The van der Waals surface area contributed by atoms with Gasteiger partial charge in [-0.2, -0.15) is 13.2 Å². The normalized spacial score (nSPS) is 19.5. The van der Waals surface area contributed by atoms with E-state index in [4.69, 9.17) is 4.74 Å². The molecule has 0 aliphatic carbocycles. The molecule has 2 aliphatic rings. The molecule has 2 aliphatic heterocycles. The van der Waals surface area contributed by atoms with Gasteiger partial charge in [0.15, 0.2) is 0 Å². The number of amides is 2. The Balaban J connectivity index is 1.55. The molecule has 0 radical (unpaired) electrons. The van der Waals surface area contributed by atoms with Gasteiger partial charge in [0, 0.05) is 25.7 Å². The van der Waals surface area contributed by atoms with Crippen molar-refractivity contribution < 1.29 is 22.7 Å². The highest BCUT2D eigenvalue weighted by atomic mass is 19.4. The molecule has 0 spiro atoms. The summed E-state index contributed by atoms with van der Waals surface area (Å²) in [6, 6.07) is 13.1. The number of halogens is 3. The second-order valence-electron chi connectivity index (χ2n) is 7.94. The van der Waals surface area contributed by atoms with E-state index >= 15 is 0 Å². The summed E-state index contributed by atoms with van der Waals surface area (Å²) in [7, 11) is 0. The molecule has 0 bridgehead atoms. The molecule has 2 saturated heterocycles. The van der Waals surface area contributed by atoms with Crippen LogP contribution in [0.15, 0.2) is 48.5 Å². The van der Waals surface area contributed by atoms with Crippen molar-refractivity contribution in [3.8, 4) is 0 Å². The van der Waals surface area contributed by atoms with Gasteiger partial charge in [-0.3, -0.25) is 0 Å². The Bertz CT molecular complexity index is 899. The third-order valence-corrected chi connectivity index (χ3v) is 5.87. The second kappa shape index (κ2) is 9.18. The number of carbonyl (C=O) groups is 1. The van der Waals surface area contributed by atoms with E-state index in [0.29, 0.717) is 38.5 Å². The van der Waals surface area contributed by atoms with Gasteiger partial charge in [0.25, 0.3) is 0 Å². The van der Waals surface area contributed by atoms with Crippen LogP contribution in [-0.4, -0.2) is 49.8 Å². The molecule has 1 unspecified atom stereocenters. The Kier molecular flexibility index (Phi) is 6.36. The smallest absolute Gasteiger partial charge is 0.378 e. The number of carbonyl (C=O) groups excluding carboxylic acids is 1. The van der Waals surface area contributed by atoms with Crippen LogP contribution in [0, 0.1) is 0 Å². The number of benzene rings is 2. The Labute approximate surface area is 179 Å². The van der Waals surface area contributed by atoms with Gasteiger partial charge in [-0.05, 0) is 43.0 Å². The number of morpholine rings is 1. The van der Waals surface area contributed by atoms with E-state index in [1.807, 2.05) is 35.2 Å². The lowest BCUT2D eigenvalue weighted by atomic mass is 10.0. The first-order chi connectivity index (χ1) is 14.9. The number of nitrogens with one attached hydrogen (secondary N) is 1. The molecule has 2 aromatic rings. The quantitative estimate of drug-likeness (QED) is 0.755. The van der Waals surface area contributed by atoms with Crippen LogP contribution in [0.5, 0.6) is 0 Å². The number of likely N-dealkylation sites (tertiary alicyclic amines) is 1. The monoisotopic (exact) mass is 433 g/mol. The molecule has 1 atom stereocenters. The highest BCUT2D eigenvalue weighted by molar-refractivity contribution is 5.94. The van der Waals surface area contributed by atoms with E-state index in [1.165, 1.54) is 6.07 Å². The summed E-state index contributed by atoms with van der Waals surface area (Å²) >= 11 is 0. The number of ether oxygens (including phenoxy) is 1. The molecule has 166 valence electrons. The lowest BCUT2D eigenvalue weighted by molar-refractivity contribution is -0.137. The van der Waals surface area contributed by atoms with Crippen molar-refractivity contribution in [2.75, 3.05) is 43.1 Å². The summed E-state index contributed by atoms with van der Waals surface area (Å²) in [5, 5.41) is 2.78. The van der Waals surface area contributed by atoms with E-state index in [2.05, 4.69) is 5.32 Å². The minimum atomic E-state index is -4.48. The van der Waals surface area contributed by atoms with Crippen LogP contribution in [0.4, 0.5) is 29.3 Å². The molecule has 2 aromatic carbocycles. The third kappa shape index (κ3) is 5.12. The SMILES string of the molecule is O=C(Nc1cc(C(F)(F)F)ccc1N1CCOCC1)N1CCCC1Cc1ccccc1. The van der Waals surface area contributed by atoms with Gasteiger partial charge in [0.1, 0.15) is 0 Å². The minimum Gasteiger partial charge on any atom is -0.378 e. The van der Waals surface area contributed by atoms with Crippen molar-refractivity contribution in [3.63, 3.8) is 0 Å². The highest BCUT2D eigenvalue weighted by Gasteiger charge is 2.33. The molecule has 0 saturated carbocycles. The number of hydrogen-bond acceptors (Lipinski definition) is 3. The zero-order valence-corrected chi connectivity index (χ0v) is 17.2. The highest BCUT2D eigenvalue weighted by Crippen LogP contribution is 2.36. The van der Waals surface area contributed by atoms with Gasteiger partial charge in [-0.25, -0.2) is 4.79 Å². The number of urea groups is 1. The minimum absolute atomic E-state index is 0.0278. The number of alkyl halides is 3. The van der Waals surface area contributed by atoms with E-state index in [-0.39, 0.29) is 17.8 Å². The lowest BCUT2D eigenvalue weighted by Gasteiger charge is -2.32. The standard InChI is InChI=1S/C23H26F3N3O2/c24-23(25,26)18-8-9-21(28-11-13-31-14-12-28)20(16-18)27-22(30)29-10-4-7-19(29)15-17-5-2-1-3-6-17/h1-3,5-6,8-9,16,19H,4,7,10-15H2,(H,27,30). The second-order valence-corrected chi connectivity index (χ2v) is 7.94. The maximum atomic E-state index is 13.3. The first-order valence-corrected chi connectivity index (χ1v) is 10.6.